The Morgan fingerprint density at radius 2 is 1.67 bits per heavy atom. The summed E-state index contributed by atoms with van der Waals surface area (Å²) in [6, 6.07) is 7.42. The number of aliphatic carboxylic acids is 1. The molecule has 0 fully saturated rings. The Hall–Kier alpha value is -2.04. The average Bonchev–Trinajstić information content (AvgIpc) is 2.50. The monoisotopic (exact) mass is 292 g/mol. The summed E-state index contributed by atoms with van der Waals surface area (Å²) in [5, 5.41) is 14.6. The Kier molecular flexibility index (Phi) is 6.21. The van der Waals surface area contributed by atoms with Gasteiger partial charge in [0.1, 0.15) is 5.54 Å². The highest BCUT2D eigenvalue weighted by Crippen LogP contribution is 2.15. The summed E-state index contributed by atoms with van der Waals surface area (Å²) in [5.41, 5.74) is 1.02. The van der Waals surface area contributed by atoms with E-state index in [-0.39, 0.29) is 0 Å². The largest absolute Gasteiger partial charge is 0.480 e. The summed E-state index contributed by atoms with van der Waals surface area (Å²) in [4.78, 5) is 23.3. The fourth-order valence-corrected chi connectivity index (χ4v) is 2.29. The maximum atomic E-state index is 12.0. The van der Waals surface area contributed by atoms with Crippen LogP contribution in [-0.4, -0.2) is 22.6 Å². The predicted molar refractivity (Wildman–Crippen MR) is 82.1 cm³/mol. The minimum Gasteiger partial charge on any atom is -0.480 e. The highest BCUT2D eigenvalue weighted by Gasteiger charge is 2.36. The molecule has 0 spiro atoms. The molecule has 0 atom stereocenters. The summed E-state index contributed by atoms with van der Waals surface area (Å²) < 4.78 is 0. The molecule has 2 amide bonds. The lowest BCUT2D eigenvalue weighted by atomic mass is 9.93. The molecule has 0 saturated carbocycles. The number of benzene rings is 1. The molecule has 0 radical (unpaired) electrons. The van der Waals surface area contributed by atoms with Crippen LogP contribution >= 0.6 is 0 Å². The van der Waals surface area contributed by atoms with Crippen LogP contribution in [0, 0.1) is 0 Å². The summed E-state index contributed by atoms with van der Waals surface area (Å²) in [6.45, 7) is 5.95. The normalized spacial score (nSPS) is 11.0. The van der Waals surface area contributed by atoms with E-state index in [1.165, 1.54) is 5.56 Å². The van der Waals surface area contributed by atoms with Crippen LogP contribution in [0.3, 0.4) is 0 Å². The maximum absolute atomic E-state index is 12.0. The Bertz CT molecular complexity index is 496. The number of urea groups is 1. The summed E-state index contributed by atoms with van der Waals surface area (Å²) in [5.74, 6) is -1.00. The van der Waals surface area contributed by atoms with Gasteiger partial charge in [0, 0.05) is 6.54 Å². The molecule has 3 N–H and O–H groups in total. The van der Waals surface area contributed by atoms with Gasteiger partial charge in [-0.05, 0) is 30.4 Å². The van der Waals surface area contributed by atoms with Crippen molar-refractivity contribution in [3.63, 3.8) is 0 Å². The first-order valence-corrected chi connectivity index (χ1v) is 7.35. The SMILES string of the molecule is CCc1ccccc1CNC(=O)NC(CC)(CC)C(=O)O. The number of carboxylic acid groups (broad SMARTS) is 1. The number of amides is 2. The molecule has 1 rings (SSSR count). The average molecular weight is 292 g/mol. The van der Waals surface area contributed by atoms with Gasteiger partial charge in [-0.2, -0.15) is 0 Å². The van der Waals surface area contributed by atoms with Crippen molar-refractivity contribution in [2.45, 2.75) is 52.1 Å². The molecule has 0 unspecified atom stereocenters. The smallest absolute Gasteiger partial charge is 0.329 e. The first kappa shape index (κ1) is 17.0. The minimum absolute atomic E-state index is 0.345. The lowest BCUT2D eigenvalue weighted by molar-refractivity contribution is -0.144. The van der Waals surface area contributed by atoms with Gasteiger partial charge in [0.05, 0.1) is 0 Å². The molecular formula is C16H24N2O3. The van der Waals surface area contributed by atoms with Crippen molar-refractivity contribution in [3.8, 4) is 0 Å². The van der Waals surface area contributed by atoms with Gasteiger partial charge in [-0.25, -0.2) is 9.59 Å². The van der Waals surface area contributed by atoms with Gasteiger partial charge >= 0.3 is 12.0 Å². The molecule has 0 aliphatic carbocycles. The molecule has 5 heteroatoms. The number of hydrogen-bond donors (Lipinski definition) is 3. The fraction of sp³-hybridized carbons (Fsp3) is 0.500. The van der Waals surface area contributed by atoms with E-state index in [4.69, 9.17) is 0 Å². The Morgan fingerprint density at radius 3 is 2.14 bits per heavy atom. The second-order valence-electron chi connectivity index (χ2n) is 5.02. The zero-order valence-corrected chi connectivity index (χ0v) is 12.9. The number of nitrogens with one attached hydrogen (secondary N) is 2. The van der Waals surface area contributed by atoms with Crippen molar-refractivity contribution in [1.82, 2.24) is 10.6 Å². The van der Waals surface area contributed by atoms with Crippen LogP contribution in [0.5, 0.6) is 0 Å². The molecule has 116 valence electrons. The predicted octanol–water partition coefficient (Wildman–Crippen LogP) is 2.69. The minimum atomic E-state index is -1.20. The molecule has 5 nitrogen and oxygen atoms in total. The number of carboxylic acids is 1. The Labute approximate surface area is 125 Å². The fourth-order valence-electron chi connectivity index (χ4n) is 2.29. The number of rotatable bonds is 7. The molecule has 0 saturated heterocycles. The van der Waals surface area contributed by atoms with Crippen LogP contribution in [-0.2, 0) is 17.8 Å². The number of carbonyl (C=O) groups is 2. The van der Waals surface area contributed by atoms with Crippen LogP contribution in [0.4, 0.5) is 4.79 Å². The van der Waals surface area contributed by atoms with Gasteiger partial charge in [0.15, 0.2) is 0 Å². The highest BCUT2D eigenvalue weighted by atomic mass is 16.4. The van der Waals surface area contributed by atoms with E-state index >= 15 is 0 Å². The lowest BCUT2D eigenvalue weighted by Crippen LogP contribution is -2.56. The number of hydrogen-bond acceptors (Lipinski definition) is 2. The topological polar surface area (TPSA) is 78.4 Å². The van der Waals surface area contributed by atoms with E-state index in [1.54, 1.807) is 13.8 Å². The number of aryl methyl sites for hydroxylation is 1. The zero-order chi connectivity index (χ0) is 15.9. The molecule has 0 heterocycles. The standard InChI is InChI=1S/C16H24N2O3/c1-4-12-9-7-8-10-13(12)11-17-15(21)18-16(5-2,6-3)14(19)20/h7-10H,4-6,11H2,1-3H3,(H,19,20)(H2,17,18,21). The highest BCUT2D eigenvalue weighted by molar-refractivity contribution is 5.86. The Balaban J connectivity index is 2.67. The van der Waals surface area contributed by atoms with Crippen molar-refractivity contribution < 1.29 is 14.7 Å². The van der Waals surface area contributed by atoms with Crippen molar-refractivity contribution in [3.05, 3.63) is 35.4 Å². The van der Waals surface area contributed by atoms with E-state index in [1.807, 2.05) is 24.3 Å². The van der Waals surface area contributed by atoms with E-state index < -0.39 is 17.5 Å². The summed E-state index contributed by atoms with van der Waals surface area (Å²) >= 11 is 0. The van der Waals surface area contributed by atoms with E-state index in [2.05, 4.69) is 17.6 Å². The van der Waals surface area contributed by atoms with Crippen LogP contribution < -0.4 is 10.6 Å². The molecule has 0 aromatic heterocycles. The first-order valence-electron chi connectivity index (χ1n) is 7.35. The van der Waals surface area contributed by atoms with E-state index in [9.17, 15) is 14.7 Å². The summed E-state index contributed by atoms with van der Waals surface area (Å²) in [7, 11) is 0. The van der Waals surface area contributed by atoms with Crippen LogP contribution in [0.2, 0.25) is 0 Å². The molecule has 1 aromatic rings. The van der Waals surface area contributed by atoms with Gasteiger partial charge in [0.2, 0.25) is 0 Å². The van der Waals surface area contributed by atoms with Crippen molar-refractivity contribution in [2.75, 3.05) is 0 Å². The van der Waals surface area contributed by atoms with Crippen molar-refractivity contribution in [2.24, 2.45) is 0 Å². The van der Waals surface area contributed by atoms with Gasteiger partial charge in [-0.1, -0.05) is 45.0 Å². The second-order valence-corrected chi connectivity index (χ2v) is 5.02. The van der Waals surface area contributed by atoms with Gasteiger partial charge < -0.3 is 15.7 Å². The zero-order valence-electron chi connectivity index (χ0n) is 12.9. The molecule has 0 aliphatic rings. The maximum Gasteiger partial charge on any atom is 0.329 e. The summed E-state index contributed by atoms with van der Waals surface area (Å²) in [6.07, 6.45) is 1.58. The molecule has 1 aromatic carbocycles. The van der Waals surface area contributed by atoms with Crippen LogP contribution in [0.1, 0.15) is 44.7 Å². The molecule has 0 aliphatic heterocycles. The van der Waals surface area contributed by atoms with Crippen LogP contribution in [0.15, 0.2) is 24.3 Å². The number of carbonyl (C=O) groups excluding carboxylic acids is 1. The third kappa shape index (κ3) is 4.21. The lowest BCUT2D eigenvalue weighted by Gasteiger charge is -2.28. The van der Waals surface area contributed by atoms with Gasteiger partial charge in [-0.3, -0.25) is 0 Å². The third-order valence-electron chi connectivity index (χ3n) is 3.91. The van der Waals surface area contributed by atoms with Crippen molar-refractivity contribution >= 4 is 12.0 Å². The van der Waals surface area contributed by atoms with Crippen molar-refractivity contribution in [1.29, 1.82) is 0 Å². The van der Waals surface area contributed by atoms with E-state index in [0.717, 1.165) is 12.0 Å². The molecular weight excluding hydrogens is 268 g/mol. The third-order valence-corrected chi connectivity index (χ3v) is 3.91. The van der Waals surface area contributed by atoms with Gasteiger partial charge in [0.25, 0.3) is 0 Å². The molecule has 21 heavy (non-hydrogen) atoms. The second kappa shape index (κ2) is 7.67. The quantitative estimate of drug-likeness (QED) is 0.723. The molecule has 0 bridgehead atoms. The van der Waals surface area contributed by atoms with Gasteiger partial charge in [-0.15, -0.1) is 0 Å². The Morgan fingerprint density at radius 1 is 1.10 bits per heavy atom. The van der Waals surface area contributed by atoms with Crippen LogP contribution in [0.25, 0.3) is 0 Å². The first-order chi connectivity index (χ1) is 9.99. The van der Waals surface area contributed by atoms with E-state index in [0.29, 0.717) is 19.4 Å².